The standard InChI is InChI=1S/C17H24N3.3C7H7.Hf/c1-11-8-12(2)15(13(3)9-11)18-17(5,6)16-14(4)10-20(7)19-16;3*1-7-5-3-2-4-6-7;/h8-10H,1-7H3;3*2-6H,1H2;/q4*-1;. The Labute approximate surface area is 274 Å². The third kappa shape index (κ3) is 12.9. The first-order valence-electron chi connectivity index (χ1n) is 13.8. The van der Waals surface area contributed by atoms with E-state index in [0.29, 0.717) is 0 Å². The normalized spacial score (nSPS) is 9.88. The van der Waals surface area contributed by atoms with Crippen LogP contribution in [0.15, 0.2) is 109 Å². The van der Waals surface area contributed by atoms with Gasteiger partial charge in [0, 0.05) is 39.1 Å². The SMILES string of the molecule is Cc1cc(C)c([N-]C(C)(C)c2nn(C)cc2C)c(C)c1.[CH2-]c1ccccc1.[CH2-]c1ccccc1.[CH2-]c1ccccc1.[Hf]. The Balaban J connectivity index is 0.000000326. The summed E-state index contributed by atoms with van der Waals surface area (Å²) in [4.78, 5) is 0. The molecule has 3 nitrogen and oxygen atoms in total. The van der Waals surface area contributed by atoms with Crippen LogP contribution < -0.4 is 0 Å². The molecule has 0 saturated carbocycles. The summed E-state index contributed by atoms with van der Waals surface area (Å²) in [6, 6.07) is 34.0. The van der Waals surface area contributed by atoms with Gasteiger partial charge >= 0.3 is 0 Å². The molecule has 4 heteroatoms. The van der Waals surface area contributed by atoms with Crippen molar-refractivity contribution in [3.8, 4) is 0 Å². The van der Waals surface area contributed by atoms with Gasteiger partial charge in [-0.2, -0.15) is 79.0 Å². The number of nitrogens with zero attached hydrogens (tertiary/aromatic N) is 3. The molecule has 0 bridgehead atoms. The minimum atomic E-state index is -0.323. The van der Waals surface area contributed by atoms with E-state index in [0.717, 1.165) is 28.1 Å². The predicted molar refractivity (Wildman–Crippen MR) is 177 cm³/mol. The monoisotopic (exact) mass is 723 g/mol. The van der Waals surface area contributed by atoms with E-state index in [2.05, 4.69) is 79.5 Å². The van der Waals surface area contributed by atoms with Gasteiger partial charge in [-0.1, -0.05) is 66.4 Å². The van der Waals surface area contributed by atoms with Crippen LogP contribution >= 0.6 is 0 Å². The zero-order valence-corrected chi connectivity index (χ0v) is 29.9. The smallest absolute Gasteiger partial charge is 0.0534 e. The summed E-state index contributed by atoms with van der Waals surface area (Å²) in [6.45, 7) is 23.9. The van der Waals surface area contributed by atoms with Gasteiger partial charge in [0.2, 0.25) is 0 Å². The Morgan fingerprint density at radius 3 is 1.24 bits per heavy atom. The molecular formula is C38H45HfN3-4. The summed E-state index contributed by atoms with van der Waals surface area (Å²) in [5, 5.41) is 9.58. The molecule has 5 aromatic rings. The first-order valence-corrected chi connectivity index (χ1v) is 13.8. The molecule has 220 valence electrons. The van der Waals surface area contributed by atoms with Crippen LogP contribution in [0, 0.1) is 48.5 Å². The average Bonchev–Trinajstić information content (AvgIpc) is 3.27. The zero-order chi connectivity index (χ0) is 30.4. The minimum Gasteiger partial charge on any atom is -0.674 e. The maximum absolute atomic E-state index is 5.00. The molecule has 0 aliphatic carbocycles. The van der Waals surface area contributed by atoms with Gasteiger partial charge in [0.1, 0.15) is 0 Å². The quantitative estimate of drug-likeness (QED) is 0.135. The third-order valence-electron chi connectivity index (χ3n) is 6.15. The molecule has 5 rings (SSSR count). The summed E-state index contributed by atoms with van der Waals surface area (Å²) in [6.07, 6.45) is 2.04. The van der Waals surface area contributed by atoms with Crippen LogP contribution in [0.25, 0.3) is 5.32 Å². The van der Waals surface area contributed by atoms with Gasteiger partial charge in [0.05, 0.1) is 5.69 Å². The van der Waals surface area contributed by atoms with E-state index in [1.54, 1.807) is 0 Å². The second-order valence-electron chi connectivity index (χ2n) is 10.7. The van der Waals surface area contributed by atoms with Crippen LogP contribution in [-0.2, 0) is 38.4 Å². The van der Waals surface area contributed by atoms with Crippen LogP contribution in [0.1, 0.15) is 58.5 Å². The van der Waals surface area contributed by atoms with E-state index in [4.69, 9.17) is 5.32 Å². The summed E-state index contributed by atoms with van der Waals surface area (Å²) in [5.41, 5.74) is 9.94. The number of rotatable bonds is 3. The number of hydrogen-bond donors (Lipinski definition) is 0. The number of aryl methyl sites for hydroxylation is 5. The fraction of sp³-hybridized carbons (Fsp3) is 0.211. The molecule has 0 aliphatic rings. The molecule has 1 heterocycles. The van der Waals surface area contributed by atoms with Crippen molar-refractivity contribution in [1.82, 2.24) is 9.78 Å². The Bertz CT molecular complexity index is 1330. The summed E-state index contributed by atoms with van der Waals surface area (Å²) in [5.74, 6) is 0. The second kappa shape index (κ2) is 18.0. The van der Waals surface area contributed by atoms with Crippen molar-refractivity contribution >= 4 is 5.69 Å². The maximum atomic E-state index is 5.00. The summed E-state index contributed by atoms with van der Waals surface area (Å²) >= 11 is 0. The minimum absolute atomic E-state index is 0. The Kier molecular flexibility index (Phi) is 15.6. The molecule has 0 radical (unpaired) electrons. The molecule has 1 aromatic heterocycles. The number of aromatic nitrogens is 2. The van der Waals surface area contributed by atoms with Crippen molar-refractivity contribution in [2.45, 2.75) is 47.1 Å². The van der Waals surface area contributed by atoms with Gasteiger partial charge in [0.15, 0.2) is 0 Å². The second-order valence-corrected chi connectivity index (χ2v) is 10.7. The third-order valence-corrected chi connectivity index (χ3v) is 6.15. The summed E-state index contributed by atoms with van der Waals surface area (Å²) in [7, 11) is 1.95. The topological polar surface area (TPSA) is 31.9 Å². The Hall–Kier alpha value is -3.63. The molecule has 0 fully saturated rings. The van der Waals surface area contributed by atoms with E-state index < -0.39 is 0 Å². The molecule has 0 spiro atoms. The van der Waals surface area contributed by atoms with Gasteiger partial charge < -0.3 is 5.32 Å². The van der Waals surface area contributed by atoms with Crippen LogP contribution in [0.2, 0.25) is 0 Å². The van der Waals surface area contributed by atoms with E-state index in [1.807, 2.05) is 109 Å². The number of benzene rings is 4. The Morgan fingerprint density at radius 2 is 0.976 bits per heavy atom. The van der Waals surface area contributed by atoms with Crippen molar-refractivity contribution in [2.24, 2.45) is 7.05 Å². The molecule has 4 aromatic carbocycles. The molecule has 0 amide bonds. The molecule has 0 atom stereocenters. The largest absolute Gasteiger partial charge is 0.674 e. The van der Waals surface area contributed by atoms with Gasteiger partial charge in [-0.25, -0.2) is 0 Å². The molecule has 0 N–H and O–H groups in total. The zero-order valence-electron chi connectivity index (χ0n) is 26.4. The molecule has 42 heavy (non-hydrogen) atoms. The van der Waals surface area contributed by atoms with Crippen molar-refractivity contribution in [1.29, 1.82) is 0 Å². The van der Waals surface area contributed by atoms with E-state index >= 15 is 0 Å². The van der Waals surface area contributed by atoms with Crippen LogP contribution in [0.3, 0.4) is 0 Å². The van der Waals surface area contributed by atoms with Crippen LogP contribution in [0.4, 0.5) is 5.69 Å². The summed E-state index contributed by atoms with van der Waals surface area (Å²) < 4.78 is 1.86. The first-order chi connectivity index (χ1) is 19.4. The van der Waals surface area contributed by atoms with E-state index in [-0.39, 0.29) is 31.4 Å². The van der Waals surface area contributed by atoms with Crippen LogP contribution in [0.5, 0.6) is 0 Å². The van der Waals surface area contributed by atoms with Crippen molar-refractivity contribution in [3.05, 3.63) is 180 Å². The fourth-order valence-electron chi connectivity index (χ4n) is 4.33. The molecule has 0 aliphatic heterocycles. The molecule has 0 saturated heterocycles. The molecule has 0 unspecified atom stereocenters. The van der Waals surface area contributed by atoms with Crippen molar-refractivity contribution in [2.75, 3.05) is 0 Å². The fourth-order valence-corrected chi connectivity index (χ4v) is 4.33. The van der Waals surface area contributed by atoms with Gasteiger partial charge in [-0.05, 0) is 33.3 Å². The Morgan fingerprint density at radius 1 is 0.619 bits per heavy atom. The average molecular weight is 722 g/mol. The van der Waals surface area contributed by atoms with Crippen molar-refractivity contribution in [3.63, 3.8) is 0 Å². The van der Waals surface area contributed by atoms with Crippen molar-refractivity contribution < 1.29 is 25.8 Å². The van der Waals surface area contributed by atoms with Gasteiger partial charge in [-0.3, -0.25) is 4.68 Å². The van der Waals surface area contributed by atoms with E-state index in [1.165, 1.54) is 22.3 Å². The van der Waals surface area contributed by atoms with Gasteiger partial charge in [0.25, 0.3) is 0 Å². The molecular weight excluding hydrogens is 677 g/mol. The van der Waals surface area contributed by atoms with Gasteiger partial charge in [-0.15, -0.1) is 42.1 Å². The predicted octanol–water partition coefficient (Wildman–Crippen LogP) is 10.2. The van der Waals surface area contributed by atoms with E-state index in [9.17, 15) is 0 Å². The maximum Gasteiger partial charge on any atom is 0.0534 e. The first kappa shape index (κ1) is 36.4. The number of hydrogen-bond acceptors (Lipinski definition) is 1. The van der Waals surface area contributed by atoms with Crippen LogP contribution in [-0.4, -0.2) is 9.78 Å².